The summed E-state index contributed by atoms with van der Waals surface area (Å²) in [7, 11) is 0. The minimum atomic E-state index is 0. The van der Waals surface area contributed by atoms with Crippen LogP contribution in [0.15, 0.2) is 24.3 Å². The van der Waals surface area contributed by atoms with Crippen LogP contribution in [-0.4, -0.2) is 0 Å². The fourth-order valence-electron chi connectivity index (χ4n) is 0.470. The average Bonchev–Trinajstić information content (AvgIpc) is 1.90. The van der Waals surface area contributed by atoms with Gasteiger partial charge in [0.2, 0.25) is 0 Å². The van der Waals surface area contributed by atoms with Crippen molar-refractivity contribution < 1.29 is 37.7 Å². The maximum atomic E-state index is 6.68. The van der Waals surface area contributed by atoms with Gasteiger partial charge in [0.15, 0.2) is 0 Å². The first-order chi connectivity index (χ1) is 3.93. The van der Waals surface area contributed by atoms with Crippen molar-refractivity contribution in [1.29, 1.82) is 0 Å². The molecule has 0 atom stereocenters. The molecule has 0 saturated heterocycles. The van der Waals surface area contributed by atoms with Gasteiger partial charge in [-0.05, 0) is 0 Å². The van der Waals surface area contributed by atoms with Gasteiger partial charge in [0.05, 0.1) is 0 Å². The average molecular weight is 114 g/mol. The standard InChI is InChI=1S/C8H4.2Li/c1-2-8-6-4-3-5-7-8;;/h4-7H;;/q-2;2*+1. The maximum Gasteiger partial charge on any atom is 1.00 e. The van der Waals surface area contributed by atoms with Crippen molar-refractivity contribution in [2.75, 3.05) is 0 Å². The molecule has 0 aliphatic heterocycles. The van der Waals surface area contributed by atoms with Crippen LogP contribution in [-0.2, 0) is 0 Å². The van der Waals surface area contributed by atoms with Gasteiger partial charge in [-0.3, -0.25) is 0 Å². The molecule has 0 N–H and O–H groups in total. The van der Waals surface area contributed by atoms with Crippen LogP contribution in [0.4, 0.5) is 0 Å². The summed E-state index contributed by atoms with van der Waals surface area (Å²) in [6.07, 6.45) is 6.68. The topological polar surface area (TPSA) is 0 Å². The third kappa shape index (κ3) is 3.90. The van der Waals surface area contributed by atoms with E-state index in [4.69, 9.17) is 6.42 Å². The Morgan fingerprint density at radius 2 is 1.70 bits per heavy atom. The van der Waals surface area contributed by atoms with Gasteiger partial charge in [-0.25, -0.2) is 17.7 Å². The van der Waals surface area contributed by atoms with E-state index in [0.717, 1.165) is 5.56 Å². The molecule has 1 aromatic carbocycles. The molecule has 0 aliphatic rings. The first kappa shape index (κ1) is 12.6. The van der Waals surface area contributed by atoms with Gasteiger partial charge >= 0.3 is 37.7 Å². The van der Waals surface area contributed by atoms with Gasteiger partial charge in [0.25, 0.3) is 0 Å². The van der Waals surface area contributed by atoms with E-state index in [9.17, 15) is 0 Å². The molecule has 0 nitrogen and oxygen atoms in total. The summed E-state index contributed by atoms with van der Waals surface area (Å²) in [5, 5.41) is 0. The predicted molar refractivity (Wildman–Crippen MR) is 31.5 cm³/mol. The van der Waals surface area contributed by atoms with E-state index in [0.29, 0.717) is 0 Å². The molecule has 0 aliphatic carbocycles. The van der Waals surface area contributed by atoms with Crippen molar-refractivity contribution in [3.63, 3.8) is 0 Å². The molecule has 0 radical (unpaired) electrons. The number of hydrogen-bond acceptors (Lipinski definition) is 0. The minimum absolute atomic E-state index is 0. The fraction of sp³-hybridized carbons (Fsp3) is 0. The molecule has 1 rings (SSSR count). The molecule has 0 bridgehead atoms. The zero-order valence-corrected chi connectivity index (χ0v) is 6.31. The van der Waals surface area contributed by atoms with Crippen molar-refractivity contribution >= 4 is 0 Å². The van der Waals surface area contributed by atoms with Crippen LogP contribution < -0.4 is 37.7 Å². The SMILES string of the molecule is [C-]#Cc1cc[c-]cc1.[Li+].[Li+]. The van der Waals surface area contributed by atoms with Crippen molar-refractivity contribution in [2.24, 2.45) is 0 Å². The van der Waals surface area contributed by atoms with E-state index in [1.807, 2.05) is 0 Å². The molecule has 0 amide bonds. The normalized spacial score (nSPS) is 6.30. The zero-order valence-electron chi connectivity index (χ0n) is 6.31. The fourth-order valence-corrected chi connectivity index (χ4v) is 0.470. The van der Waals surface area contributed by atoms with Gasteiger partial charge in [-0.2, -0.15) is 18.2 Å². The first-order valence-corrected chi connectivity index (χ1v) is 2.32. The first-order valence-electron chi connectivity index (χ1n) is 2.32. The summed E-state index contributed by atoms with van der Waals surface area (Å²) >= 11 is 0. The Kier molecular flexibility index (Phi) is 8.95. The van der Waals surface area contributed by atoms with Gasteiger partial charge in [-0.1, -0.05) is 0 Å². The van der Waals surface area contributed by atoms with Crippen molar-refractivity contribution in [1.82, 2.24) is 0 Å². The summed E-state index contributed by atoms with van der Waals surface area (Å²) in [6.45, 7) is 0. The van der Waals surface area contributed by atoms with Crippen molar-refractivity contribution in [2.45, 2.75) is 0 Å². The molecule has 0 heterocycles. The summed E-state index contributed by atoms with van der Waals surface area (Å²) in [5.74, 6) is 2.26. The van der Waals surface area contributed by atoms with E-state index in [1.165, 1.54) is 0 Å². The van der Waals surface area contributed by atoms with Crippen LogP contribution >= 0.6 is 0 Å². The van der Waals surface area contributed by atoms with Crippen LogP contribution in [0.2, 0.25) is 0 Å². The van der Waals surface area contributed by atoms with Gasteiger partial charge in [0, 0.05) is 0 Å². The third-order valence-electron chi connectivity index (χ3n) is 0.863. The van der Waals surface area contributed by atoms with E-state index in [-0.39, 0.29) is 37.7 Å². The monoisotopic (exact) mass is 114 g/mol. The Hall–Kier alpha value is -0.0252. The second-order valence-corrected chi connectivity index (χ2v) is 1.41. The number of rotatable bonds is 0. The molecule has 0 spiro atoms. The molecule has 1 aromatic rings. The summed E-state index contributed by atoms with van der Waals surface area (Å²) in [6, 6.07) is 9.93. The molecular formula is C8H4Li2. The van der Waals surface area contributed by atoms with E-state index < -0.39 is 0 Å². The molecule has 0 unspecified atom stereocenters. The second-order valence-electron chi connectivity index (χ2n) is 1.41. The van der Waals surface area contributed by atoms with E-state index >= 15 is 0 Å². The second kappa shape index (κ2) is 7.09. The molecule has 0 saturated carbocycles. The Balaban J connectivity index is 0. The molecule has 0 fully saturated rings. The van der Waals surface area contributed by atoms with E-state index in [1.54, 1.807) is 24.3 Å². The van der Waals surface area contributed by atoms with Crippen LogP contribution in [0.5, 0.6) is 0 Å². The number of benzene rings is 1. The predicted octanol–water partition coefficient (Wildman–Crippen LogP) is -4.57. The smallest absolute Gasteiger partial charge is 0.368 e. The van der Waals surface area contributed by atoms with Crippen LogP contribution in [0, 0.1) is 18.4 Å². The molecular weight excluding hydrogens is 110 g/mol. The Labute approximate surface area is 85.8 Å². The molecule has 38 valence electrons. The number of hydrogen-bond donors (Lipinski definition) is 0. The molecule has 10 heavy (non-hydrogen) atoms. The van der Waals surface area contributed by atoms with Crippen LogP contribution in [0.1, 0.15) is 5.56 Å². The maximum absolute atomic E-state index is 6.68. The minimum Gasteiger partial charge on any atom is -0.368 e. The summed E-state index contributed by atoms with van der Waals surface area (Å²) in [5.41, 5.74) is 0.795. The summed E-state index contributed by atoms with van der Waals surface area (Å²) < 4.78 is 0. The van der Waals surface area contributed by atoms with Crippen molar-refractivity contribution in [3.8, 4) is 5.92 Å². The summed E-state index contributed by atoms with van der Waals surface area (Å²) in [4.78, 5) is 0. The van der Waals surface area contributed by atoms with Gasteiger partial charge < -0.3 is 12.3 Å². The van der Waals surface area contributed by atoms with Crippen LogP contribution in [0.3, 0.4) is 0 Å². The third-order valence-corrected chi connectivity index (χ3v) is 0.863. The molecule has 0 aromatic heterocycles. The van der Waals surface area contributed by atoms with E-state index in [2.05, 4.69) is 12.0 Å². The zero-order chi connectivity index (χ0) is 5.82. The van der Waals surface area contributed by atoms with Gasteiger partial charge in [0.1, 0.15) is 0 Å². The van der Waals surface area contributed by atoms with Gasteiger partial charge in [-0.15, -0.1) is 0 Å². The largest absolute Gasteiger partial charge is 1.00 e. The Morgan fingerprint density at radius 1 is 1.20 bits per heavy atom. The van der Waals surface area contributed by atoms with Crippen LogP contribution in [0.25, 0.3) is 0 Å². The van der Waals surface area contributed by atoms with Crippen molar-refractivity contribution in [3.05, 3.63) is 42.3 Å². The molecule has 2 heteroatoms. The Morgan fingerprint density at radius 3 is 2.00 bits per heavy atom. The quantitative estimate of drug-likeness (QED) is 0.181. The Bertz CT molecular complexity index is 198.